The molecular formula is C4H9NO2. The van der Waals surface area contributed by atoms with Crippen LogP contribution < -0.4 is 5.73 Å². The van der Waals surface area contributed by atoms with Gasteiger partial charge >= 0.3 is 0 Å². The molecule has 0 radical (unpaired) electrons. The maximum absolute atomic E-state index is 8.37. The molecule has 0 aliphatic carbocycles. The summed E-state index contributed by atoms with van der Waals surface area (Å²) < 4.78 is 4.48. The van der Waals surface area contributed by atoms with Gasteiger partial charge < -0.3 is 15.6 Å². The van der Waals surface area contributed by atoms with E-state index >= 15 is 0 Å². The topological polar surface area (TPSA) is 55.5 Å². The Morgan fingerprint density at radius 3 is 2.71 bits per heavy atom. The van der Waals surface area contributed by atoms with E-state index in [9.17, 15) is 0 Å². The molecule has 0 aromatic rings. The van der Waals surface area contributed by atoms with Crippen molar-refractivity contribution in [3.63, 3.8) is 0 Å². The summed E-state index contributed by atoms with van der Waals surface area (Å²) in [6.07, 6.45) is 1.00. The van der Waals surface area contributed by atoms with Crippen molar-refractivity contribution in [3.8, 4) is 0 Å². The third kappa shape index (κ3) is 2.96. The molecule has 0 unspecified atom stereocenters. The number of ether oxygens (including phenoxy) is 1. The van der Waals surface area contributed by atoms with Crippen molar-refractivity contribution in [1.29, 1.82) is 0 Å². The van der Waals surface area contributed by atoms with Crippen LogP contribution in [-0.2, 0) is 4.74 Å². The van der Waals surface area contributed by atoms with Crippen molar-refractivity contribution < 1.29 is 9.84 Å². The van der Waals surface area contributed by atoms with Crippen molar-refractivity contribution in [1.82, 2.24) is 0 Å². The minimum atomic E-state index is -0.220. The lowest BCUT2D eigenvalue weighted by Crippen LogP contribution is -1.92. The maximum atomic E-state index is 8.37. The molecule has 3 heteroatoms. The van der Waals surface area contributed by atoms with Gasteiger partial charge in [-0.15, -0.1) is 0 Å². The van der Waals surface area contributed by atoms with E-state index in [2.05, 4.69) is 4.74 Å². The van der Waals surface area contributed by atoms with E-state index in [1.54, 1.807) is 6.92 Å². The monoisotopic (exact) mass is 103 g/mol. The molecule has 0 saturated heterocycles. The molecule has 0 aliphatic heterocycles. The van der Waals surface area contributed by atoms with Crippen LogP contribution >= 0.6 is 0 Å². The van der Waals surface area contributed by atoms with Gasteiger partial charge in [0.1, 0.15) is 0 Å². The minimum Gasteiger partial charge on any atom is -0.480 e. The van der Waals surface area contributed by atoms with Gasteiger partial charge in [0, 0.05) is 0 Å². The van der Waals surface area contributed by atoms with Gasteiger partial charge in [0.05, 0.1) is 12.8 Å². The standard InChI is InChI=1S/C4H9NO2/c1-2-7-4(6)3-5/h3,6H,2,5H2,1H3/b4-3-. The Morgan fingerprint density at radius 1 is 2.00 bits per heavy atom. The molecule has 0 fully saturated rings. The van der Waals surface area contributed by atoms with Gasteiger partial charge in [0.15, 0.2) is 0 Å². The molecule has 0 saturated carbocycles. The quantitative estimate of drug-likeness (QED) is 0.495. The highest BCUT2D eigenvalue weighted by atomic mass is 16.6. The van der Waals surface area contributed by atoms with Crippen LogP contribution in [0.1, 0.15) is 6.92 Å². The average molecular weight is 103 g/mol. The van der Waals surface area contributed by atoms with Gasteiger partial charge in [-0.2, -0.15) is 0 Å². The van der Waals surface area contributed by atoms with E-state index in [4.69, 9.17) is 10.8 Å². The molecule has 42 valence electrons. The molecule has 3 N–H and O–H groups in total. The smallest absolute Gasteiger partial charge is 0.292 e. The first-order valence-corrected chi connectivity index (χ1v) is 2.05. The highest BCUT2D eigenvalue weighted by Gasteiger charge is 1.82. The van der Waals surface area contributed by atoms with Crippen LogP contribution in [0.4, 0.5) is 0 Å². The second-order valence-electron chi connectivity index (χ2n) is 0.938. The fourth-order valence-corrected chi connectivity index (χ4v) is 0.196. The summed E-state index contributed by atoms with van der Waals surface area (Å²) in [6, 6.07) is 0. The largest absolute Gasteiger partial charge is 0.480 e. The Labute approximate surface area is 42.4 Å². The van der Waals surface area contributed by atoms with Crippen LogP contribution in [0.15, 0.2) is 12.1 Å². The second kappa shape index (κ2) is 3.33. The number of aliphatic hydroxyl groups is 1. The third-order valence-corrected chi connectivity index (χ3v) is 0.435. The first kappa shape index (κ1) is 6.14. The molecule has 0 amide bonds. The van der Waals surface area contributed by atoms with E-state index in [1.165, 1.54) is 0 Å². The Kier molecular flexibility index (Phi) is 2.92. The molecule has 0 bridgehead atoms. The normalized spacial score (nSPS) is 11.3. The molecule has 3 nitrogen and oxygen atoms in total. The number of nitrogens with two attached hydrogens (primary N) is 1. The summed E-state index contributed by atoms with van der Waals surface area (Å²) in [4.78, 5) is 0. The molecule has 0 aromatic heterocycles. The minimum absolute atomic E-state index is 0.220. The number of aliphatic hydroxyl groups excluding tert-OH is 1. The second-order valence-corrected chi connectivity index (χ2v) is 0.938. The van der Waals surface area contributed by atoms with Crippen molar-refractivity contribution in [2.45, 2.75) is 6.92 Å². The van der Waals surface area contributed by atoms with Crippen molar-refractivity contribution >= 4 is 0 Å². The average Bonchev–Trinajstić information content (AvgIpc) is 1.68. The first-order chi connectivity index (χ1) is 3.31. The van der Waals surface area contributed by atoms with Gasteiger partial charge in [-0.1, -0.05) is 0 Å². The van der Waals surface area contributed by atoms with Gasteiger partial charge in [-0.3, -0.25) is 0 Å². The Bertz CT molecular complexity index is 70.1. The van der Waals surface area contributed by atoms with Crippen molar-refractivity contribution in [2.75, 3.05) is 6.61 Å². The summed E-state index contributed by atoms with van der Waals surface area (Å²) in [6.45, 7) is 2.21. The lowest BCUT2D eigenvalue weighted by Gasteiger charge is -1.95. The SMILES string of the molecule is CCO/C(O)=C\N. The Balaban J connectivity index is 3.17. The number of hydrogen-bond donors (Lipinski definition) is 2. The van der Waals surface area contributed by atoms with Crippen LogP contribution in [0.5, 0.6) is 0 Å². The van der Waals surface area contributed by atoms with Crippen molar-refractivity contribution in [3.05, 3.63) is 12.1 Å². The molecule has 0 heterocycles. The Morgan fingerprint density at radius 2 is 2.57 bits per heavy atom. The summed E-state index contributed by atoms with van der Waals surface area (Å²) in [5.41, 5.74) is 4.82. The third-order valence-electron chi connectivity index (χ3n) is 0.435. The summed E-state index contributed by atoms with van der Waals surface area (Å²) in [7, 11) is 0. The highest BCUT2D eigenvalue weighted by Crippen LogP contribution is 1.83. The predicted octanol–water partition coefficient (Wildman–Crippen LogP) is 0.339. The van der Waals surface area contributed by atoms with Crippen LogP contribution in [0, 0.1) is 0 Å². The van der Waals surface area contributed by atoms with E-state index < -0.39 is 0 Å². The summed E-state index contributed by atoms with van der Waals surface area (Å²) >= 11 is 0. The molecule has 0 rings (SSSR count). The van der Waals surface area contributed by atoms with Gasteiger partial charge in [0.2, 0.25) is 0 Å². The van der Waals surface area contributed by atoms with Crippen LogP contribution in [0.25, 0.3) is 0 Å². The van der Waals surface area contributed by atoms with E-state index in [0.29, 0.717) is 6.61 Å². The zero-order valence-electron chi connectivity index (χ0n) is 4.22. The molecule has 0 aromatic carbocycles. The fraction of sp³-hybridized carbons (Fsp3) is 0.500. The molecule has 7 heavy (non-hydrogen) atoms. The lowest BCUT2D eigenvalue weighted by molar-refractivity contribution is 0.101. The van der Waals surface area contributed by atoms with Gasteiger partial charge in [0.25, 0.3) is 5.95 Å². The molecule has 0 aliphatic rings. The first-order valence-electron chi connectivity index (χ1n) is 2.05. The zero-order chi connectivity index (χ0) is 5.70. The highest BCUT2D eigenvalue weighted by molar-refractivity contribution is 4.73. The van der Waals surface area contributed by atoms with Gasteiger partial charge in [-0.05, 0) is 6.92 Å². The van der Waals surface area contributed by atoms with Crippen molar-refractivity contribution in [2.24, 2.45) is 5.73 Å². The van der Waals surface area contributed by atoms with Crippen LogP contribution in [0.2, 0.25) is 0 Å². The fourth-order valence-electron chi connectivity index (χ4n) is 0.196. The molecular weight excluding hydrogens is 94.0 g/mol. The van der Waals surface area contributed by atoms with Crippen LogP contribution in [-0.4, -0.2) is 11.7 Å². The molecule has 0 spiro atoms. The number of rotatable bonds is 2. The molecule has 0 atom stereocenters. The Hall–Kier alpha value is -0.860. The van der Waals surface area contributed by atoms with Gasteiger partial charge in [-0.25, -0.2) is 0 Å². The summed E-state index contributed by atoms with van der Waals surface area (Å²) in [5.74, 6) is -0.220. The maximum Gasteiger partial charge on any atom is 0.292 e. The van der Waals surface area contributed by atoms with E-state index in [0.717, 1.165) is 6.20 Å². The van der Waals surface area contributed by atoms with Crippen LogP contribution in [0.3, 0.4) is 0 Å². The lowest BCUT2D eigenvalue weighted by atomic mass is 10.8. The zero-order valence-corrected chi connectivity index (χ0v) is 4.22. The predicted molar refractivity (Wildman–Crippen MR) is 26.5 cm³/mol. The summed E-state index contributed by atoms with van der Waals surface area (Å²) in [5, 5.41) is 8.37. The number of hydrogen-bond acceptors (Lipinski definition) is 3. The van der Waals surface area contributed by atoms with E-state index in [-0.39, 0.29) is 5.95 Å². The van der Waals surface area contributed by atoms with E-state index in [1.807, 2.05) is 0 Å².